The van der Waals surface area contributed by atoms with Crippen molar-refractivity contribution in [2.45, 2.75) is 51.2 Å². The van der Waals surface area contributed by atoms with Crippen molar-refractivity contribution in [2.24, 2.45) is 0 Å². The predicted molar refractivity (Wildman–Crippen MR) is 92.0 cm³/mol. The maximum absolute atomic E-state index is 12.9. The maximum atomic E-state index is 12.9. The van der Waals surface area contributed by atoms with Gasteiger partial charge in [0.25, 0.3) is 5.91 Å². The van der Waals surface area contributed by atoms with Gasteiger partial charge in [-0.2, -0.15) is 18.3 Å². The lowest BCUT2D eigenvalue weighted by atomic mass is 10.1. The van der Waals surface area contributed by atoms with E-state index in [0.29, 0.717) is 11.3 Å². The van der Waals surface area contributed by atoms with Gasteiger partial charge in [0.15, 0.2) is 5.69 Å². The fourth-order valence-corrected chi connectivity index (χ4v) is 2.95. The number of halogens is 3. The number of alkyl halides is 3. The molecule has 1 aromatic carbocycles. The zero-order chi connectivity index (χ0) is 18.7. The van der Waals surface area contributed by atoms with E-state index in [0.717, 1.165) is 31.7 Å². The molecule has 0 atom stereocenters. The Balaban J connectivity index is 1.59. The Kier molecular flexibility index (Phi) is 5.34. The Labute approximate surface area is 150 Å². The molecule has 1 amide bonds. The lowest BCUT2D eigenvalue weighted by Gasteiger charge is -2.09. The number of carbonyl (C=O) groups is 1. The fourth-order valence-electron chi connectivity index (χ4n) is 2.95. The summed E-state index contributed by atoms with van der Waals surface area (Å²) >= 11 is 0. The molecule has 1 aliphatic carbocycles. The largest absolute Gasteiger partial charge is 0.435 e. The van der Waals surface area contributed by atoms with Gasteiger partial charge >= 0.3 is 6.18 Å². The molecule has 1 N–H and O–H groups in total. The van der Waals surface area contributed by atoms with E-state index in [-0.39, 0.29) is 24.9 Å². The summed E-state index contributed by atoms with van der Waals surface area (Å²) in [4.78, 5) is 12.2. The lowest BCUT2D eigenvalue weighted by Crippen LogP contribution is -2.28. The van der Waals surface area contributed by atoms with Crippen molar-refractivity contribution in [3.05, 3.63) is 52.8 Å². The average Bonchev–Trinajstić information content (AvgIpc) is 3.34. The first-order valence-electron chi connectivity index (χ1n) is 8.90. The van der Waals surface area contributed by atoms with Crippen LogP contribution in [0.25, 0.3) is 0 Å². The quantitative estimate of drug-likeness (QED) is 0.801. The van der Waals surface area contributed by atoms with Gasteiger partial charge in [0.2, 0.25) is 0 Å². The van der Waals surface area contributed by atoms with Crippen LogP contribution in [-0.2, 0) is 19.1 Å². The van der Waals surface area contributed by atoms with Crippen LogP contribution in [-0.4, -0.2) is 22.2 Å². The fraction of sp³-hybridized carbons (Fsp3) is 0.474. The van der Waals surface area contributed by atoms with E-state index < -0.39 is 11.9 Å². The molecule has 0 bridgehead atoms. The minimum atomic E-state index is -4.45. The second-order valence-corrected chi connectivity index (χ2v) is 6.65. The summed E-state index contributed by atoms with van der Waals surface area (Å²) < 4.78 is 40.0. The summed E-state index contributed by atoms with van der Waals surface area (Å²) in [6.07, 6.45) is -0.664. The van der Waals surface area contributed by atoms with Crippen LogP contribution in [0.2, 0.25) is 0 Å². The van der Waals surface area contributed by atoms with Gasteiger partial charge in [-0.1, -0.05) is 25.5 Å². The van der Waals surface area contributed by atoms with Crippen molar-refractivity contribution in [2.75, 3.05) is 6.54 Å². The standard InChI is InChI=1S/C19H22F3N3O/c1-2-3-13-4-6-15(7-5-13)18(26)23-10-11-25-16(14-8-9-14)12-17(24-25)19(20,21)22/h4-7,12,14H,2-3,8-11H2,1H3,(H,23,26). The Hall–Kier alpha value is -2.31. The van der Waals surface area contributed by atoms with E-state index in [4.69, 9.17) is 0 Å². The van der Waals surface area contributed by atoms with Gasteiger partial charge in [-0.15, -0.1) is 0 Å². The van der Waals surface area contributed by atoms with Crippen molar-refractivity contribution in [3.63, 3.8) is 0 Å². The Bertz CT molecular complexity index is 761. The molecule has 140 valence electrons. The molecule has 0 spiro atoms. The molecular weight excluding hydrogens is 343 g/mol. The zero-order valence-electron chi connectivity index (χ0n) is 14.6. The molecule has 1 fully saturated rings. The lowest BCUT2D eigenvalue weighted by molar-refractivity contribution is -0.141. The van der Waals surface area contributed by atoms with Gasteiger partial charge in [0, 0.05) is 23.7 Å². The average molecular weight is 365 g/mol. The van der Waals surface area contributed by atoms with Crippen molar-refractivity contribution in [3.8, 4) is 0 Å². The zero-order valence-corrected chi connectivity index (χ0v) is 14.6. The second kappa shape index (κ2) is 7.51. The summed E-state index contributed by atoms with van der Waals surface area (Å²) in [7, 11) is 0. The molecule has 2 aromatic rings. The van der Waals surface area contributed by atoms with Crippen LogP contribution in [0.4, 0.5) is 13.2 Å². The van der Waals surface area contributed by atoms with Gasteiger partial charge in [0.05, 0.1) is 6.54 Å². The van der Waals surface area contributed by atoms with Gasteiger partial charge in [-0.25, -0.2) is 0 Å². The highest BCUT2D eigenvalue weighted by atomic mass is 19.4. The molecule has 1 aromatic heterocycles. The number of hydrogen-bond acceptors (Lipinski definition) is 2. The third-order valence-corrected chi connectivity index (χ3v) is 4.46. The summed E-state index contributed by atoms with van der Waals surface area (Å²) in [5.41, 5.74) is 1.46. The SMILES string of the molecule is CCCc1ccc(C(=O)NCCn2nc(C(F)(F)F)cc2C2CC2)cc1. The van der Waals surface area contributed by atoms with Crippen molar-refractivity contribution in [1.29, 1.82) is 0 Å². The number of nitrogens with one attached hydrogen (secondary N) is 1. The highest BCUT2D eigenvalue weighted by Crippen LogP contribution is 2.42. The van der Waals surface area contributed by atoms with Crippen molar-refractivity contribution >= 4 is 5.91 Å². The van der Waals surface area contributed by atoms with Crippen LogP contribution >= 0.6 is 0 Å². The molecule has 4 nitrogen and oxygen atoms in total. The highest BCUT2D eigenvalue weighted by Gasteiger charge is 2.37. The summed E-state index contributed by atoms with van der Waals surface area (Å²) in [6.45, 7) is 2.55. The third-order valence-electron chi connectivity index (χ3n) is 4.46. The number of amides is 1. The Morgan fingerprint density at radius 3 is 2.54 bits per heavy atom. The normalized spacial score (nSPS) is 14.5. The third kappa shape index (κ3) is 4.45. The van der Waals surface area contributed by atoms with E-state index in [2.05, 4.69) is 17.3 Å². The molecule has 7 heteroatoms. The second-order valence-electron chi connectivity index (χ2n) is 6.65. The number of hydrogen-bond donors (Lipinski definition) is 1. The number of nitrogens with zero attached hydrogens (tertiary/aromatic N) is 2. The Morgan fingerprint density at radius 1 is 1.27 bits per heavy atom. The molecule has 26 heavy (non-hydrogen) atoms. The first-order valence-corrected chi connectivity index (χ1v) is 8.90. The molecule has 0 saturated heterocycles. The Morgan fingerprint density at radius 2 is 1.96 bits per heavy atom. The number of rotatable bonds is 7. The smallest absolute Gasteiger partial charge is 0.350 e. The van der Waals surface area contributed by atoms with Crippen LogP contribution in [0.1, 0.15) is 59.4 Å². The number of aryl methyl sites for hydroxylation is 1. The minimum absolute atomic E-state index is 0.153. The van der Waals surface area contributed by atoms with Crippen LogP contribution in [0.5, 0.6) is 0 Å². The monoisotopic (exact) mass is 365 g/mol. The van der Waals surface area contributed by atoms with Crippen LogP contribution in [0.3, 0.4) is 0 Å². The summed E-state index contributed by atoms with van der Waals surface area (Å²) in [5, 5.41) is 6.44. The first-order chi connectivity index (χ1) is 12.4. The number of aromatic nitrogens is 2. The molecule has 1 aliphatic rings. The molecular formula is C19H22F3N3O. The topological polar surface area (TPSA) is 46.9 Å². The molecule has 0 unspecified atom stereocenters. The van der Waals surface area contributed by atoms with Crippen LogP contribution in [0.15, 0.2) is 30.3 Å². The van der Waals surface area contributed by atoms with Gasteiger partial charge in [0.1, 0.15) is 0 Å². The van der Waals surface area contributed by atoms with E-state index in [9.17, 15) is 18.0 Å². The number of benzene rings is 1. The van der Waals surface area contributed by atoms with Crippen molar-refractivity contribution in [1.82, 2.24) is 15.1 Å². The van der Waals surface area contributed by atoms with E-state index in [1.807, 2.05) is 12.1 Å². The molecule has 0 radical (unpaired) electrons. The van der Waals surface area contributed by atoms with E-state index in [1.54, 1.807) is 12.1 Å². The first kappa shape index (κ1) is 18.5. The summed E-state index contributed by atoms with van der Waals surface area (Å²) in [6, 6.07) is 8.52. The molecule has 1 saturated carbocycles. The van der Waals surface area contributed by atoms with E-state index >= 15 is 0 Å². The number of carbonyl (C=O) groups excluding carboxylic acids is 1. The van der Waals surface area contributed by atoms with Gasteiger partial charge in [-0.05, 0) is 43.0 Å². The van der Waals surface area contributed by atoms with E-state index in [1.165, 1.54) is 10.2 Å². The summed E-state index contributed by atoms with van der Waals surface area (Å²) in [5.74, 6) is -0.0790. The molecule has 3 rings (SSSR count). The predicted octanol–water partition coefficient (Wildman–Crippen LogP) is 4.16. The highest BCUT2D eigenvalue weighted by molar-refractivity contribution is 5.94. The maximum Gasteiger partial charge on any atom is 0.435 e. The minimum Gasteiger partial charge on any atom is -0.350 e. The molecule has 1 heterocycles. The van der Waals surface area contributed by atoms with Crippen LogP contribution in [0, 0.1) is 0 Å². The molecule has 0 aliphatic heterocycles. The van der Waals surface area contributed by atoms with Crippen LogP contribution < -0.4 is 5.32 Å². The van der Waals surface area contributed by atoms with Gasteiger partial charge in [-0.3, -0.25) is 9.48 Å². The van der Waals surface area contributed by atoms with Crippen molar-refractivity contribution < 1.29 is 18.0 Å². The van der Waals surface area contributed by atoms with Gasteiger partial charge < -0.3 is 5.32 Å².